The minimum absolute atomic E-state index is 0.768. The molecule has 2 heterocycles. The van der Waals surface area contributed by atoms with Crippen molar-refractivity contribution in [3.05, 3.63) is 30.1 Å². The molecule has 3 nitrogen and oxygen atoms in total. The second-order valence-electron chi connectivity index (χ2n) is 4.92. The monoisotopic (exact) mass is 233 g/mol. The Morgan fingerprint density at radius 2 is 2.41 bits per heavy atom. The third-order valence-electron chi connectivity index (χ3n) is 3.57. The summed E-state index contributed by atoms with van der Waals surface area (Å²) in [6.07, 6.45) is 7.88. The maximum absolute atomic E-state index is 4.11. The molecule has 2 rings (SSSR count). The Bertz CT molecular complexity index is 313. The molecule has 0 bridgehead atoms. The summed E-state index contributed by atoms with van der Waals surface area (Å²) in [4.78, 5) is 6.71. The molecule has 0 aromatic carbocycles. The first-order chi connectivity index (χ1) is 8.36. The largest absolute Gasteiger partial charge is 0.311 e. The molecule has 1 atom stereocenters. The highest BCUT2D eigenvalue weighted by Gasteiger charge is 2.16. The molecule has 1 saturated heterocycles. The molecule has 1 aliphatic rings. The number of hydrogen-bond donors (Lipinski definition) is 1. The van der Waals surface area contributed by atoms with Gasteiger partial charge in [-0.1, -0.05) is 12.5 Å². The summed E-state index contributed by atoms with van der Waals surface area (Å²) in [5.41, 5.74) is 1.26. The molecule has 0 aliphatic carbocycles. The number of hydrogen-bond acceptors (Lipinski definition) is 3. The number of pyridine rings is 1. The van der Waals surface area contributed by atoms with Crippen molar-refractivity contribution in [1.82, 2.24) is 15.2 Å². The quantitative estimate of drug-likeness (QED) is 0.789. The van der Waals surface area contributed by atoms with Gasteiger partial charge in [0, 0.05) is 38.1 Å². The average molecular weight is 233 g/mol. The lowest BCUT2D eigenvalue weighted by molar-refractivity contribution is 0.161. The maximum Gasteiger partial charge on any atom is 0.0312 e. The van der Waals surface area contributed by atoms with Crippen LogP contribution in [0.1, 0.15) is 31.7 Å². The lowest BCUT2D eigenvalue weighted by atomic mass is 10.0. The Labute approximate surface area is 104 Å². The van der Waals surface area contributed by atoms with Crippen molar-refractivity contribution in [2.75, 3.05) is 19.6 Å². The Morgan fingerprint density at radius 3 is 3.18 bits per heavy atom. The standard InChI is InChI=1S/C14H23N3/c1-13-5-2-3-9-17(13)10-8-16-12-14-6-4-7-15-11-14/h4,6-7,11,13,16H,2-3,5,8-10,12H2,1H3. The number of nitrogens with zero attached hydrogens (tertiary/aromatic N) is 2. The number of piperidine rings is 1. The molecule has 1 N–H and O–H groups in total. The van der Waals surface area contributed by atoms with Crippen LogP contribution in [-0.4, -0.2) is 35.6 Å². The minimum atomic E-state index is 0.768. The molecule has 1 aliphatic heterocycles. The van der Waals surface area contributed by atoms with Gasteiger partial charge in [0.25, 0.3) is 0 Å². The normalized spacial score (nSPS) is 21.6. The summed E-state index contributed by atoms with van der Waals surface area (Å²) in [5, 5.41) is 3.49. The molecule has 94 valence electrons. The first-order valence-corrected chi connectivity index (χ1v) is 6.70. The first-order valence-electron chi connectivity index (χ1n) is 6.70. The summed E-state index contributed by atoms with van der Waals surface area (Å²) in [7, 11) is 0. The van der Waals surface area contributed by atoms with Gasteiger partial charge in [-0.05, 0) is 37.9 Å². The van der Waals surface area contributed by atoms with Crippen molar-refractivity contribution < 1.29 is 0 Å². The SMILES string of the molecule is CC1CCCCN1CCNCc1cccnc1. The molecule has 1 aromatic rings. The predicted molar refractivity (Wildman–Crippen MR) is 70.8 cm³/mol. The van der Waals surface area contributed by atoms with Gasteiger partial charge in [-0.25, -0.2) is 0 Å². The molecular formula is C14H23N3. The molecule has 0 spiro atoms. The molecule has 17 heavy (non-hydrogen) atoms. The van der Waals surface area contributed by atoms with Crippen molar-refractivity contribution in [3.63, 3.8) is 0 Å². The van der Waals surface area contributed by atoms with Crippen molar-refractivity contribution in [2.24, 2.45) is 0 Å². The Morgan fingerprint density at radius 1 is 1.47 bits per heavy atom. The van der Waals surface area contributed by atoms with E-state index in [1.165, 1.54) is 37.9 Å². The van der Waals surface area contributed by atoms with Crippen molar-refractivity contribution in [3.8, 4) is 0 Å². The van der Waals surface area contributed by atoms with E-state index in [2.05, 4.69) is 28.2 Å². The summed E-state index contributed by atoms with van der Waals surface area (Å²) in [6.45, 7) is 6.78. The summed E-state index contributed by atoms with van der Waals surface area (Å²) in [5.74, 6) is 0. The zero-order chi connectivity index (χ0) is 11.9. The fraction of sp³-hybridized carbons (Fsp3) is 0.643. The smallest absolute Gasteiger partial charge is 0.0312 e. The van der Waals surface area contributed by atoms with Crippen LogP contribution in [0, 0.1) is 0 Å². The minimum Gasteiger partial charge on any atom is -0.311 e. The van der Waals surface area contributed by atoms with E-state index in [-0.39, 0.29) is 0 Å². The van der Waals surface area contributed by atoms with Crippen LogP contribution in [0.3, 0.4) is 0 Å². The number of aromatic nitrogens is 1. The third kappa shape index (κ3) is 4.10. The number of rotatable bonds is 5. The molecule has 0 saturated carbocycles. The van der Waals surface area contributed by atoms with Crippen LogP contribution >= 0.6 is 0 Å². The zero-order valence-electron chi connectivity index (χ0n) is 10.7. The van der Waals surface area contributed by atoms with E-state index in [9.17, 15) is 0 Å². The Kier molecular flexibility index (Phi) is 4.95. The third-order valence-corrected chi connectivity index (χ3v) is 3.57. The second-order valence-corrected chi connectivity index (χ2v) is 4.92. The van der Waals surface area contributed by atoms with Gasteiger partial charge in [0.05, 0.1) is 0 Å². The van der Waals surface area contributed by atoms with Crippen LogP contribution in [-0.2, 0) is 6.54 Å². The highest BCUT2D eigenvalue weighted by molar-refractivity contribution is 5.07. The fourth-order valence-electron chi connectivity index (χ4n) is 2.45. The van der Waals surface area contributed by atoms with Gasteiger partial charge in [-0.2, -0.15) is 0 Å². The molecule has 0 radical (unpaired) electrons. The van der Waals surface area contributed by atoms with Gasteiger partial charge in [-0.3, -0.25) is 9.88 Å². The second kappa shape index (κ2) is 6.72. The lowest BCUT2D eigenvalue weighted by Crippen LogP contribution is -2.41. The van der Waals surface area contributed by atoms with E-state index in [0.717, 1.165) is 19.1 Å². The lowest BCUT2D eigenvalue weighted by Gasteiger charge is -2.33. The summed E-state index contributed by atoms with van der Waals surface area (Å²) >= 11 is 0. The van der Waals surface area contributed by atoms with Crippen LogP contribution in [0.15, 0.2) is 24.5 Å². The molecular weight excluding hydrogens is 210 g/mol. The highest BCUT2D eigenvalue weighted by Crippen LogP contribution is 2.15. The van der Waals surface area contributed by atoms with Gasteiger partial charge in [0.15, 0.2) is 0 Å². The Hall–Kier alpha value is -0.930. The van der Waals surface area contributed by atoms with Crippen LogP contribution in [0.2, 0.25) is 0 Å². The van der Waals surface area contributed by atoms with Crippen LogP contribution in [0.4, 0.5) is 0 Å². The van der Waals surface area contributed by atoms with E-state index >= 15 is 0 Å². The van der Waals surface area contributed by atoms with Gasteiger partial charge in [0.1, 0.15) is 0 Å². The fourth-order valence-corrected chi connectivity index (χ4v) is 2.45. The van der Waals surface area contributed by atoms with Crippen molar-refractivity contribution >= 4 is 0 Å². The van der Waals surface area contributed by atoms with Crippen molar-refractivity contribution in [1.29, 1.82) is 0 Å². The molecule has 3 heteroatoms. The number of likely N-dealkylation sites (tertiary alicyclic amines) is 1. The maximum atomic E-state index is 4.11. The van der Waals surface area contributed by atoms with Crippen LogP contribution in [0.5, 0.6) is 0 Å². The van der Waals surface area contributed by atoms with E-state index in [1.807, 2.05) is 18.5 Å². The zero-order valence-corrected chi connectivity index (χ0v) is 10.7. The van der Waals surface area contributed by atoms with Crippen LogP contribution in [0.25, 0.3) is 0 Å². The summed E-state index contributed by atoms with van der Waals surface area (Å²) < 4.78 is 0. The predicted octanol–water partition coefficient (Wildman–Crippen LogP) is 2.05. The first kappa shape index (κ1) is 12.5. The van der Waals surface area contributed by atoms with E-state index in [4.69, 9.17) is 0 Å². The van der Waals surface area contributed by atoms with E-state index < -0.39 is 0 Å². The molecule has 0 amide bonds. The average Bonchev–Trinajstić information content (AvgIpc) is 2.38. The van der Waals surface area contributed by atoms with Crippen molar-refractivity contribution in [2.45, 2.75) is 38.8 Å². The van der Waals surface area contributed by atoms with E-state index in [0.29, 0.717) is 0 Å². The molecule has 1 fully saturated rings. The van der Waals surface area contributed by atoms with Gasteiger partial charge >= 0.3 is 0 Å². The van der Waals surface area contributed by atoms with Gasteiger partial charge in [0.2, 0.25) is 0 Å². The number of nitrogens with one attached hydrogen (secondary N) is 1. The summed E-state index contributed by atoms with van der Waals surface area (Å²) in [6, 6.07) is 4.87. The van der Waals surface area contributed by atoms with Gasteiger partial charge in [-0.15, -0.1) is 0 Å². The highest BCUT2D eigenvalue weighted by atomic mass is 15.2. The molecule has 1 aromatic heterocycles. The van der Waals surface area contributed by atoms with Crippen LogP contribution < -0.4 is 5.32 Å². The van der Waals surface area contributed by atoms with Gasteiger partial charge < -0.3 is 5.32 Å². The van der Waals surface area contributed by atoms with E-state index in [1.54, 1.807) is 0 Å². The Balaban J connectivity index is 1.63. The molecule has 1 unspecified atom stereocenters. The topological polar surface area (TPSA) is 28.2 Å².